The van der Waals surface area contributed by atoms with Gasteiger partial charge < -0.3 is 5.73 Å². The zero-order chi connectivity index (χ0) is 11.8. The molecule has 2 unspecified atom stereocenters. The van der Waals surface area contributed by atoms with Crippen LogP contribution < -0.4 is 5.73 Å². The normalized spacial score (nSPS) is 26.6. The maximum absolute atomic E-state index is 6.47. The van der Waals surface area contributed by atoms with E-state index in [0.29, 0.717) is 11.3 Å². The summed E-state index contributed by atoms with van der Waals surface area (Å²) in [6.07, 6.45) is 5.35. The van der Waals surface area contributed by atoms with Crippen molar-refractivity contribution in [3.63, 3.8) is 0 Å². The Balaban J connectivity index is 2.17. The molecule has 0 bridgehead atoms. The lowest BCUT2D eigenvalue weighted by Crippen LogP contribution is -2.36. The molecule has 1 aromatic heterocycles. The molecule has 1 saturated carbocycles. The van der Waals surface area contributed by atoms with E-state index >= 15 is 0 Å². The fourth-order valence-electron chi connectivity index (χ4n) is 3.06. The molecular weight excluding hydrogens is 214 g/mol. The fraction of sp³-hybridized carbons (Fsp3) is 0.714. The van der Waals surface area contributed by atoms with Crippen LogP contribution in [-0.2, 0) is 0 Å². The predicted octanol–water partition coefficient (Wildman–Crippen LogP) is 4.27. The van der Waals surface area contributed by atoms with Gasteiger partial charge in [-0.15, -0.1) is 11.3 Å². The second-order valence-electron chi connectivity index (χ2n) is 5.86. The quantitative estimate of drug-likeness (QED) is 0.816. The van der Waals surface area contributed by atoms with E-state index in [1.54, 1.807) is 0 Å². The van der Waals surface area contributed by atoms with Gasteiger partial charge in [-0.1, -0.05) is 26.7 Å². The summed E-state index contributed by atoms with van der Waals surface area (Å²) >= 11 is 1.82. The van der Waals surface area contributed by atoms with Crippen LogP contribution in [0.15, 0.2) is 11.4 Å². The largest absolute Gasteiger partial charge is 0.324 e. The van der Waals surface area contributed by atoms with Crippen molar-refractivity contribution >= 4 is 11.3 Å². The van der Waals surface area contributed by atoms with Crippen molar-refractivity contribution in [2.45, 2.75) is 52.5 Å². The van der Waals surface area contributed by atoms with E-state index in [1.807, 2.05) is 11.3 Å². The Kier molecular flexibility index (Phi) is 3.41. The smallest absolute Gasteiger partial charge is 0.0337 e. The topological polar surface area (TPSA) is 26.0 Å². The first kappa shape index (κ1) is 12.1. The van der Waals surface area contributed by atoms with Crippen LogP contribution in [0.2, 0.25) is 0 Å². The number of thiophene rings is 1. The molecule has 1 aliphatic rings. The average Bonchev–Trinajstić information content (AvgIpc) is 2.63. The lowest BCUT2D eigenvalue weighted by molar-refractivity contribution is 0.113. The number of hydrogen-bond donors (Lipinski definition) is 1. The number of aryl methyl sites for hydroxylation is 1. The zero-order valence-electron chi connectivity index (χ0n) is 10.6. The van der Waals surface area contributed by atoms with Crippen LogP contribution in [0.25, 0.3) is 0 Å². The predicted molar refractivity (Wildman–Crippen MR) is 71.7 cm³/mol. The Labute approximate surface area is 103 Å². The third-order valence-corrected chi connectivity index (χ3v) is 5.04. The summed E-state index contributed by atoms with van der Waals surface area (Å²) < 4.78 is 0. The summed E-state index contributed by atoms with van der Waals surface area (Å²) in [5.74, 6) is 0.648. The van der Waals surface area contributed by atoms with Crippen LogP contribution in [0.1, 0.15) is 56.0 Å². The molecule has 1 heterocycles. The monoisotopic (exact) mass is 237 g/mol. The summed E-state index contributed by atoms with van der Waals surface area (Å²) in [4.78, 5) is 1.37. The van der Waals surface area contributed by atoms with E-state index in [0.717, 1.165) is 0 Å². The van der Waals surface area contributed by atoms with Crippen LogP contribution in [-0.4, -0.2) is 0 Å². The van der Waals surface area contributed by atoms with E-state index in [1.165, 1.54) is 36.1 Å². The number of rotatable bonds is 2. The first-order valence-electron chi connectivity index (χ1n) is 6.31. The highest BCUT2D eigenvalue weighted by atomic mass is 32.1. The Morgan fingerprint density at radius 1 is 1.44 bits per heavy atom. The minimum atomic E-state index is 0.236. The maximum Gasteiger partial charge on any atom is 0.0337 e. The highest BCUT2D eigenvalue weighted by molar-refractivity contribution is 7.10. The molecule has 2 rings (SSSR count). The zero-order valence-corrected chi connectivity index (χ0v) is 11.4. The third kappa shape index (κ3) is 2.33. The van der Waals surface area contributed by atoms with Gasteiger partial charge in [0.2, 0.25) is 0 Å². The van der Waals surface area contributed by atoms with E-state index in [9.17, 15) is 0 Å². The van der Waals surface area contributed by atoms with Gasteiger partial charge in [-0.2, -0.15) is 0 Å². The molecule has 2 heteroatoms. The van der Waals surface area contributed by atoms with Crippen LogP contribution in [0, 0.1) is 18.3 Å². The summed E-state index contributed by atoms with van der Waals surface area (Å²) in [5, 5.41) is 2.24. The molecule has 0 radical (unpaired) electrons. The molecule has 1 fully saturated rings. The molecular formula is C14H23NS. The lowest BCUT2D eigenvalue weighted by atomic mass is 9.65. The van der Waals surface area contributed by atoms with Gasteiger partial charge in [-0.05, 0) is 48.1 Å². The summed E-state index contributed by atoms with van der Waals surface area (Å²) in [6, 6.07) is 2.50. The fourth-order valence-corrected chi connectivity index (χ4v) is 3.81. The molecule has 0 amide bonds. The molecule has 2 atom stereocenters. The number of nitrogens with two attached hydrogens (primary N) is 1. The van der Waals surface area contributed by atoms with Gasteiger partial charge in [0.15, 0.2) is 0 Å². The first-order valence-corrected chi connectivity index (χ1v) is 7.19. The maximum atomic E-state index is 6.47. The molecule has 2 N–H and O–H groups in total. The van der Waals surface area contributed by atoms with Gasteiger partial charge in [0.05, 0.1) is 0 Å². The van der Waals surface area contributed by atoms with Crippen molar-refractivity contribution < 1.29 is 0 Å². The Bertz CT molecular complexity index is 353. The standard InChI is InChI=1S/C14H23NS/c1-10-8-11(9-16-10)13(15)12-6-4-5-7-14(12,2)3/h8-9,12-13H,4-7,15H2,1-3H3. The summed E-state index contributed by atoms with van der Waals surface area (Å²) in [7, 11) is 0. The Morgan fingerprint density at radius 2 is 2.19 bits per heavy atom. The molecule has 0 saturated heterocycles. The van der Waals surface area contributed by atoms with Crippen LogP contribution in [0.4, 0.5) is 0 Å². The summed E-state index contributed by atoms with van der Waals surface area (Å²) in [5.41, 5.74) is 8.23. The highest BCUT2D eigenvalue weighted by Gasteiger charge is 2.36. The van der Waals surface area contributed by atoms with Crippen LogP contribution in [0.5, 0.6) is 0 Å². The van der Waals surface area contributed by atoms with Crippen molar-refractivity contribution in [3.05, 3.63) is 21.9 Å². The third-order valence-electron chi connectivity index (χ3n) is 4.16. The van der Waals surface area contributed by atoms with Gasteiger partial charge in [0.1, 0.15) is 0 Å². The lowest BCUT2D eigenvalue weighted by Gasteiger charge is -2.42. The molecule has 0 aliphatic heterocycles. The van der Waals surface area contributed by atoms with Crippen molar-refractivity contribution in [1.29, 1.82) is 0 Å². The SMILES string of the molecule is Cc1cc(C(N)C2CCCCC2(C)C)cs1. The number of hydrogen-bond acceptors (Lipinski definition) is 2. The van der Waals surface area contributed by atoms with Crippen molar-refractivity contribution in [2.75, 3.05) is 0 Å². The van der Waals surface area contributed by atoms with Gasteiger partial charge in [-0.3, -0.25) is 0 Å². The van der Waals surface area contributed by atoms with Crippen molar-refractivity contribution in [2.24, 2.45) is 17.1 Å². The van der Waals surface area contributed by atoms with Crippen LogP contribution >= 0.6 is 11.3 Å². The Morgan fingerprint density at radius 3 is 2.75 bits per heavy atom. The first-order chi connectivity index (χ1) is 7.50. The van der Waals surface area contributed by atoms with Crippen LogP contribution in [0.3, 0.4) is 0 Å². The van der Waals surface area contributed by atoms with E-state index in [2.05, 4.69) is 32.2 Å². The van der Waals surface area contributed by atoms with Crippen molar-refractivity contribution in [3.8, 4) is 0 Å². The van der Waals surface area contributed by atoms with E-state index in [-0.39, 0.29) is 6.04 Å². The second-order valence-corrected chi connectivity index (χ2v) is 6.97. The minimum Gasteiger partial charge on any atom is -0.324 e. The van der Waals surface area contributed by atoms with Crippen molar-refractivity contribution in [1.82, 2.24) is 0 Å². The van der Waals surface area contributed by atoms with E-state index < -0.39 is 0 Å². The van der Waals surface area contributed by atoms with E-state index in [4.69, 9.17) is 5.73 Å². The molecule has 16 heavy (non-hydrogen) atoms. The second kappa shape index (κ2) is 4.50. The molecule has 1 aromatic rings. The minimum absolute atomic E-state index is 0.236. The van der Waals surface area contributed by atoms with Gasteiger partial charge in [0.25, 0.3) is 0 Å². The van der Waals surface area contributed by atoms with Gasteiger partial charge in [-0.25, -0.2) is 0 Å². The molecule has 90 valence electrons. The average molecular weight is 237 g/mol. The molecule has 0 aromatic carbocycles. The molecule has 0 spiro atoms. The molecule has 1 nitrogen and oxygen atoms in total. The highest BCUT2D eigenvalue weighted by Crippen LogP contribution is 2.46. The van der Waals surface area contributed by atoms with Gasteiger partial charge in [0, 0.05) is 10.9 Å². The molecule has 1 aliphatic carbocycles. The van der Waals surface area contributed by atoms with Gasteiger partial charge >= 0.3 is 0 Å². The summed E-state index contributed by atoms with van der Waals surface area (Å²) in [6.45, 7) is 6.93. The Hall–Kier alpha value is -0.340.